The molecule has 4 aliphatic heterocycles. The number of morpholine rings is 1. The summed E-state index contributed by atoms with van der Waals surface area (Å²) in [5.41, 5.74) is -2.09. The average molecular weight is 506 g/mol. The largest absolute Gasteiger partial charge is 0.461 e. The lowest BCUT2D eigenvalue weighted by Crippen LogP contribution is -2.57. The highest BCUT2D eigenvalue weighted by atomic mass is 16.6. The molecule has 0 aromatic rings. The van der Waals surface area contributed by atoms with E-state index in [-0.39, 0.29) is 37.5 Å². The molecular formula is C26H39N3O7. The third-order valence-electron chi connectivity index (χ3n) is 8.44. The Balaban J connectivity index is 1.66. The molecule has 0 radical (unpaired) electrons. The fraction of sp³-hybridized carbons (Fsp3) is 0.731. The Hall–Kier alpha value is -2.27. The van der Waals surface area contributed by atoms with Gasteiger partial charge in [-0.15, -0.1) is 6.58 Å². The van der Waals surface area contributed by atoms with Crippen LogP contribution < -0.4 is 0 Å². The molecular weight excluding hydrogens is 466 g/mol. The average Bonchev–Trinajstić information content (AvgIpc) is 3.37. The first kappa shape index (κ1) is 26.8. The number of likely N-dealkylation sites (tertiary alicyclic amines) is 1. The van der Waals surface area contributed by atoms with Crippen LogP contribution in [0, 0.1) is 17.8 Å². The number of fused-ring (bicyclic) bond motifs is 1. The lowest BCUT2D eigenvalue weighted by molar-refractivity contribution is -0.161. The highest BCUT2D eigenvalue weighted by molar-refractivity contribution is 5.98. The topological polar surface area (TPSA) is 109 Å². The molecule has 10 heteroatoms. The molecule has 0 saturated carbocycles. The summed E-state index contributed by atoms with van der Waals surface area (Å²) in [5.74, 6) is -2.87. The summed E-state index contributed by atoms with van der Waals surface area (Å²) in [6.45, 7) is 15.3. The summed E-state index contributed by atoms with van der Waals surface area (Å²) in [6, 6.07) is -0.937. The molecule has 4 fully saturated rings. The van der Waals surface area contributed by atoms with Crippen molar-refractivity contribution in [3.05, 3.63) is 25.3 Å². The van der Waals surface area contributed by atoms with Gasteiger partial charge in [0, 0.05) is 39.3 Å². The normalized spacial score (nSPS) is 35.5. The predicted octanol–water partition coefficient (Wildman–Crippen LogP) is 0.0654. The van der Waals surface area contributed by atoms with E-state index in [9.17, 15) is 19.5 Å². The highest BCUT2D eigenvalue weighted by Gasteiger charge is 2.80. The molecule has 0 aliphatic carbocycles. The predicted molar refractivity (Wildman–Crippen MR) is 131 cm³/mol. The van der Waals surface area contributed by atoms with Crippen LogP contribution in [0.1, 0.15) is 20.3 Å². The minimum Gasteiger partial charge on any atom is -0.461 e. The van der Waals surface area contributed by atoms with Gasteiger partial charge in [0.25, 0.3) is 0 Å². The summed E-state index contributed by atoms with van der Waals surface area (Å²) < 4.78 is 17.4. The van der Waals surface area contributed by atoms with Crippen LogP contribution in [0.15, 0.2) is 25.3 Å². The SMILES string of the molecule is C=CCOC(=O)[C@H]1[C@H]2C(=O)N(CCO)C(C(=O)N(CC=C)CCN3CCOCC3)C23CC(C)[C@]1(C)O3. The van der Waals surface area contributed by atoms with Crippen molar-refractivity contribution in [1.82, 2.24) is 14.7 Å². The van der Waals surface area contributed by atoms with Gasteiger partial charge in [-0.3, -0.25) is 19.3 Å². The molecule has 2 amide bonds. The zero-order chi connectivity index (χ0) is 26.1. The van der Waals surface area contributed by atoms with Crippen LogP contribution >= 0.6 is 0 Å². The van der Waals surface area contributed by atoms with Crippen LogP contribution in [0.2, 0.25) is 0 Å². The second kappa shape index (κ2) is 10.6. The maximum Gasteiger partial charge on any atom is 0.313 e. The first-order valence-corrected chi connectivity index (χ1v) is 12.8. The number of aliphatic hydroxyl groups excluding tert-OH is 1. The van der Waals surface area contributed by atoms with Crippen LogP contribution in [0.25, 0.3) is 0 Å². The van der Waals surface area contributed by atoms with E-state index in [1.54, 1.807) is 11.0 Å². The molecule has 1 N–H and O–H groups in total. The number of nitrogens with zero attached hydrogens (tertiary/aromatic N) is 3. The Morgan fingerprint density at radius 3 is 2.61 bits per heavy atom. The van der Waals surface area contributed by atoms with Gasteiger partial charge < -0.3 is 29.1 Å². The fourth-order valence-corrected chi connectivity index (χ4v) is 6.66. The molecule has 6 atom stereocenters. The Labute approximate surface area is 212 Å². The van der Waals surface area contributed by atoms with E-state index in [1.807, 2.05) is 13.8 Å². The lowest BCUT2D eigenvalue weighted by atomic mass is 9.62. The molecule has 200 valence electrons. The van der Waals surface area contributed by atoms with Gasteiger partial charge in [-0.1, -0.05) is 25.7 Å². The van der Waals surface area contributed by atoms with Crippen molar-refractivity contribution < 1.29 is 33.7 Å². The van der Waals surface area contributed by atoms with E-state index < -0.39 is 35.0 Å². The zero-order valence-electron chi connectivity index (χ0n) is 21.4. The molecule has 4 heterocycles. The number of aliphatic hydroxyl groups is 1. The van der Waals surface area contributed by atoms with Gasteiger partial charge in [0.2, 0.25) is 11.8 Å². The van der Waals surface area contributed by atoms with Crippen LogP contribution in [0.3, 0.4) is 0 Å². The maximum absolute atomic E-state index is 14.2. The first-order valence-electron chi connectivity index (χ1n) is 12.8. The Morgan fingerprint density at radius 2 is 1.97 bits per heavy atom. The summed E-state index contributed by atoms with van der Waals surface area (Å²) in [5, 5.41) is 9.79. The number of β-amino-alcohol motifs (C(OH)–C–C–N with tert-alkyl or cyclic N) is 1. The number of carbonyl (C=O) groups is 3. The summed E-state index contributed by atoms with van der Waals surface area (Å²) >= 11 is 0. The number of hydrogen-bond donors (Lipinski definition) is 1. The molecule has 0 aromatic heterocycles. The number of rotatable bonds is 11. The van der Waals surface area contributed by atoms with Crippen molar-refractivity contribution in [2.75, 3.05) is 65.7 Å². The van der Waals surface area contributed by atoms with Crippen LogP contribution in [0.5, 0.6) is 0 Å². The maximum atomic E-state index is 14.2. The lowest BCUT2D eigenvalue weighted by Gasteiger charge is -2.38. The van der Waals surface area contributed by atoms with Crippen molar-refractivity contribution in [2.45, 2.75) is 37.5 Å². The minimum atomic E-state index is -1.16. The highest BCUT2D eigenvalue weighted by Crippen LogP contribution is 2.65. The van der Waals surface area contributed by atoms with Crippen LogP contribution in [-0.4, -0.2) is 121 Å². The van der Waals surface area contributed by atoms with Crippen molar-refractivity contribution in [2.24, 2.45) is 17.8 Å². The number of ether oxygens (including phenoxy) is 3. The first-order chi connectivity index (χ1) is 17.2. The Morgan fingerprint density at radius 1 is 1.25 bits per heavy atom. The monoisotopic (exact) mass is 505 g/mol. The van der Waals surface area contributed by atoms with E-state index >= 15 is 0 Å². The molecule has 36 heavy (non-hydrogen) atoms. The van der Waals surface area contributed by atoms with Gasteiger partial charge in [-0.05, 0) is 19.3 Å². The van der Waals surface area contributed by atoms with Crippen molar-refractivity contribution in [1.29, 1.82) is 0 Å². The third-order valence-corrected chi connectivity index (χ3v) is 8.44. The van der Waals surface area contributed by atoms with Gasteiger partial charge >= 0.3 is 5.97 Å². The zero-order valence-corrected chi connectivity index (χ0v) is 21.4. The van der Waals surface area contributed by atoms with E-state index in [0.29, 0.717) is 39.3 Å². The standard InChI is InChI=1S/C26H39N3O7/c1-5-7-28(9-8-27-11-15-34-16-12-27)23(32)21-26-17-18(3)25(4,36-26)20(24(33)35-14-6-2)19(26)22(31)29(21)10-13-30/h5-6,18-21,30H,1-2,7-17H2,3-4H3/t18?,19-,20+,21?,25-,26?/m0/s1. The quantitative estimate of drug-likeness (QED) is 0.310. The Bertz CT molecular complexity index is 891. The minimum absolute atomic E-state index is 0.0121. The summed E-state index contributed by atoms with van der Waals surface area (Å²) in [6.07, 6.45) is 3.62. The van der Waals surface area contributed by atoms with Crippen molar-refractivity contribution in [3.8, 4) is 0 Å². The van der Waals surface area contributed by atoms with Crippen LogP contribution in [-0.2, 0) is 28.6 Å². The van der Waals surface area contributed by atoms with E-state index in [0.717, 1.165) is 13.1 Å². The van der Waals surface area contributed by atoms with Gasteiger partial charge in [-0.2, -0.15) is 0 Å². The van der Waals surface area contributed by atoms with Gasteiger partial charge in [0.15, 0.2) is 0 Å². The molecule has 4 rings (SSSR count). The molecule has 1 spiro atoms. The molecule has 3 unspecified atom stereocenters. The van der Waals surface area contributed by atoms with Gasteiger partial charge in [0.05, 0.1) is 31.3 Å². The van der Waals surface area contributed by atoms with Gasteiger partial charge in [-0.25, -0.2) is 0 Å². The summed E-state index contributed by atoms with van der Waals surface area (Å²) in [7, 11) is 0. The van der Waals surface area contributed by atoms with Crippen LogP contribution in [0.4, 0.5) is 0 Å². The number of hydrogen-bond acceptors (Lipinski definition) is 8. The molecule has 4 saturated heterocycles. The van der Waals surface area contributed by atoms with Crippen molar-refractivity contribution >= 4 is 17.8 Å². The molecule has 2 bridgehead atoms. The van der Waals surface area contributed by atoms with E-state index in [2.05, 4.69) is 18.1 Å². The smallest absolute Gasteiger partial charge is 0.313 e. The number of amides is 2. The van der Waals surface area contributed by atoms with E-state index in [1.165, 1.54) is 11.0 Å². The third kappa shape index (κ3) is 4.27. The molecule has 0 aromatic carbocycles. The van der Waals surface area contributed by atoms with Crippen molar-refractivity contribution in [3.63, 3.8) is 0 Å². The van der Waals surface area contributed by atoms with Gasteiger partial charge in [0.1, 0.15) is 24.2 Å². The fourth-order valence-electron chi connectivity index (χ4n) is 6.66. The van der Waals surface area contributed by atoms with E-state index in [4.69, 9.17) is 14.2 Å². The number of carbonyl (C=O) groups excluding carboxylic acids is 3. The second-order valence-electron chi connectivity index (χ2n) is 10.4. The summed E-state index contributed by atoms with van der Waals surface area (Å²) in [4.78, 5) is 46.5. The second-order valence-corrected chi connectivity index (χ2v) is 10.4. The molecule has 4 aliphatic rings. The Kier molecular flexibility index (Phi) is 7.89. The molecule has 10 nitrogen and oxygen atoms in total. The number of esters is 1.